The van der Waals surface area contributed by atoms with Crippen molar-refractivity contribution in [2.24, 2.45) is 0 Å². The lowest BCUT2D eigenvalue weighted by Gasteiger charge is -2.27. The van der Waals surface area contributed by atoms with Crippen molar-refractivity contribution in [2.75, 3.05) is 0 Å². The summed E-state index contributed by atoms with van der Waals surface area (Å²) in [6, 6.07) is 8.66. The van der Waals surface area contributed by atoms with Gasteiger partial charge in [-0.05, 0) is 56.4 Å². The molecular weight excluding hydrogens is 216 g/mol. The van der Waals surface area contributed by atoms with Gasteiger partial charge in [-0.25, -0.2) is 0 Å². The van der Waals surface area contributed by atoms with Crippen LogP contribution in [0.5, 0.6) is 5.75 Å². The average molecular weight is 234 g/mol. The summed E-state index contributed by atoms with van der Waals surface area (Å²) in [6.07, 6.45) is 8.50. The van der Waals surface area contributed by atoms with Gasteiger partial charge >= 0.3 is 0 Å². The Kier molecular flexibility index (Phi) is 3.09. The van der Waals surface area contributed by atoms with E-state index in [9.17, 15) is 0 Å². The summed E-state index contributed by atoms with van der Waals surface area (Å²) < 4.78 is 5.84. The second kappa shape index (κ2) is 4.70. The lowest BCUT2D eigenvalue weighted by Crippen LogP contribution is -2.24. The Morgan fingerprint density at radius 3 is 2.12 bits per heavy atom. The fourth-order valence-electron chi connectivity index (χ4n) is 1.96. The Hall–Kier alpha value is -0.630. The van der Waals surface area contributed by atoms with E-state index in [1.165, 1.54) is 43.4 Å². The molecule has 0 heterocycles. The molecule has 0 unspecified atom stereocenters. The van der Waals surface area contributed by atoms with Crippen molar-refractivity contribution in [2.45, 2.75) is 54.8 Å². The molecule has 2 aliphatic rings. The first-order valence-electron chi connectivity index (χ1n) is 6.33. The molecule has 0 amide bonds. The summed E-state index contributed by atoms with van der Waals surface area (Å²) >= 11 is 2.02. The third-order valence-electron chi connectivity index (χ3n) is 3.53. The van der Waals surface area contributed by atoms with Crippen LogP contribution in [0.25, 0.3) is 0 Å². The Labute approximate surface area is 102 Å². The lowest BCUT2D eigenvalue weighted by atomic mass is 9.96. The van der Waals surface area contributed by atoms with E-state index in [-0.39, 0.29) is 0 Å². The quantitative estimate of drug-likeness (QED) is 0.769. The van der Waals surface area contributed by atoms with Gasteiger partial charge in [-0.15, -0.1) is 11.8 Å². The lowest BCUT2D eigenvalue weighted by molar-refractivity contribution is 0.120. The monoisotopic (exact) mass is 234 g/mol. The molecule has 0 radical (unpaired) electrons. The summed E-state index contributed by atoms with van der Waals surface area (Å²) in [7, 11) is 0. The van der Waals surface area contributed by atoms with Gasteiger partial charge in [0.15, 0.2) is 0 Å². The number of hydrogen-bond acceptors (Lipinski definition) is 2. The maximum Gasteiger partial charge on any atom is 0.119 e. The van der Waals surface area contributed by atoms with E-state index in [2.05, 4.69) is 24.3 Å². The molecule has 0 aromatic heterocycles. The van der Waals surface area contributed by atoms with Gasteiger partial charge in [0.05, 0.1) is 6.10 Å². The Balaban J connectivity index is 1.55. The molecule has 0 aliphatic heterocycles. The fraction of sp³-hybridized carbons (Fsp3) is 0.571. The number of rotatable bonds is 4. The molecule has 1 nitrogen and oxygen atoms in total. The van der Waals surface area contributed by atoms with Crippen molar-refractivity contribution in [1.29, 1.82) is 0 Å². The van der Waals surface area contributed by atoms with Crippen molar-refractivity contribution in [1.82, 2.24) is 0 Å². The van der Waals surface area contributed by atoms with Gasteiger partial charge in [0, 0.05) is 10.1 Å². The molecule has 2 aliphatic carbocycles. The molecule has 0 saturated heterocycles. The maximum atomic E-state index is 5.84. The highest BCUT2D eigenvalue weighted by atomic mass is 32.2. The van der Waals surface area contributed by atoms with Crippen molar-refractivity contribution >= 4 is 11.8 Å². The van der Waals surface area contributed by atoms with E-state index in [4.69, 9.17) is 4.74 Å². The first-order valence-corrected chi connectivity index (χ1v) is 7.21. The van der Waals surface area contributed by atoms with E-state index in [0.717, 1.165) is 11.0 Å². The van der Waals surface area contributed by atoms with Crippen LogP contribution in [-0.4, -0.2) is 11.4 Å². The summed E-state index contributed by atoms with van der Waals surface area (Å²) in [5.74, 6) is 1.04. The molecule has 86 valence electrons. The number of ether oxygens (including phenoxy) is 1. The van der Waals surface area contributed by atoms with Crippen molar-refractivity contribution in [3.63, 3.8) is 0 Å². The minimum atomic E-state index is 0.491. The summed E-state index contributed by atoms with van der Waals surface area (Å²) in [6.45, 7) is 0. The van der Waals surface area contributed by atoms with Crippen LogP contribution < -0.4 is 4.74 Å². The highest BCUT2D eigenvalue weighted by molar-refractivity contribution is 8.00. The van der Waals surface area contributed by atoms with Gasteiger partial charge in [0.25, 0.3) is 0 Å². The first-order chi connectivity index (χ1) is 7.90. The zero-order valence-electron chi connectivity index (χ0n) is 9.52. The van der Waals surface area contributed by atoms with Crippen molar-refractivity contribution in [3.8, 4) is 5.75 Å². The van der Waals surface area contributed by atoms with Crippen LogP contribution in [0.4, 0.5) is 0 Å². The Morgan fingerprint density at radius 2 is 1.62 bits per heavy atom. The average Bonchev–Trinajstić information content (AvgIpc) is 2.19. The van der Waals surface area contributed by atoms with E-state index in [0.29, 0.717) is 6.10 Å². The normalized spacial score (nSPS) is 21.2. The molecule has 2 heteroatoms. The Morgan fingerprint density at radius 1 is 0.938 bits per heavy atom. The SMILES string of the molecule is c1cc(SC2CCC2)ccc1OC1CCC1. The highest BCUT2D eigenvalue weighted by Crippen LogP contribution is 2.37. The zero-order valence-corrected chi connectivity index (χ0v) is 10.3. The third kappa shape index (κ3) is 2.37. The molecule has 0 atom stereocenters. The smallest absolute Gasteiger partial charge is 0.119 e. The number of hydrogen-bond donors (Lipinski definition) is 0. The second-order valence-electron chi connectivity index (χ2n) is 4.81. The van der Waals surface area contributed by atoms with E-state index in [1.54, 1.807) is 0 Å². The van der Waals surface area contributed by atoms with E-state index >= 15 is 0 Å². The summed E-state index contributed by atoms with van der Waals surface area (Å²) in [5, 5.41) is 0.874. The molecule has 1 aromatic carbocycles. The van der Waals surface area contributed by atoms with Gasteiger partial charge in [0.1, 0.15) is 5.75 Å². The minimum Gasteiger partial charge on any atom is -0.490 e. The highest BCUT2D eigenvalue weighted by Gasteiger charge is 2.20. The molecule has 2 fully saturated rings. The van der Waals surface area contributed by atoms with Gasteiger partial charge < -0.3 is 4.74 Å². The summed E-state index contributed by atoms with van der Waals surface area (Å²) in [4.78, 5) is 1.39. The molecular formula is C14H18OS. The fourth-order valence-corrected chi connectivity index (χ4v) is 3.21. The predicted octanol–water partition coefficient (Wildman–Crippen LogP) is 4.26. The first kappa shape index (κ1) is 10.5. The molecule has 0 spiro atoms. The topological polar surface area (TPSA) is 9.23 Å². The molecule has 1 aromatic rings. The van der Waals surface area contributed by atoms with E-state index < -0.39 is 0 Å². The largest absolute Gasteiger partial charge is 0.490 e. The summed E-state index contributed by atoms with van der Waals surface area (Å²) in [5.41, 5.74) is 0. The number of thioether (sulfide) groups is 1. The van der Waals surface area contributed by atoms with Crippen LogP contribution in [0.2, 0.25) is 0 Å². The van der Waals surface area contributed by atoms with Crippen molar-refractivity contribution in [3.05, 3.63) is 24.3 Å². The van der Waals surface area contributed by atoms with Crippen LogP contribution in [0.15, 0.2) is 29.2 Å². The van der Waals surface area contributed by atoms with Crippen LogP contribution in [-0.2, 0) is 0 Å². The van der Waals surface area contributed by atoms with E-state index in [1.807, 2.05) is 11.8 Å². The molecule has 3 rings (SSSR count). The van der Waals surface area contributed by atoms with Crippen molar-refractivity contribution < 1.29 is 4.74 Å². The van der Waals surface area contributed by atoms with Crippen LogP contribution in [0, 0.1) is 0 Å². The molecule has 0 N–H and O–H groups in total. The Bertz CT molecular complexity index is 303. The van der Waals surface area contributed by atoms with Crippen LogP contribution in [0.1, 0.15) is 38.5 Å². The predicted molar refractivity (Wildman–Crippen MR) is 68.2 cm³/mol. The van der Waals surface area contributed by atoms with Gasteiger partial charge in [-0.3, -0.25) is 0 Å². The number of benzene rings is 1. The second-order valence-corrected chi connectivity index (χ2v) is 6.19. The molecule has 2 saturated carbocycles. The maximum absolute atomic E-state index is 5.84. The zero-order chi connectivity index (χ0) is 10.8. The standard InChI is InChI=1S/C14H18OS/c1-3-11(4-1)15-12-7-9-14(10-8-12)16-13-5-2-6-13/h7-11,13H,1-6H2. The van der Waals surface area contributed by atoms with Crippen LogP contribution >= 0.6 is 11.8 Å². The molecule has 16 heavy (non-hydrogen) atoms. The van der Waals surface area contributed by atoms with Gasteiger partial charge in [0.2, 0.25) is 0 Å². The minimum absolute atomic E-state index is 0.491. The molecule has 0 bridgehead atoms. The third-order valence-corrected chi connectivity index (χ3v) is 4.88. The van der Waals surface area contributed by atoms with Crippen LogP contribution in [0.3, 0.4) is 0 Å². The van der Waals surface area contributed by atoms with Gasteiger partial charge in [-0.1, -0.05) is 6.42 Å². The van der Waals surface area contributed by atoms with Gasteiger partial charge in [-0.2, -0.15) is 0 Å².